The first kappa shape index (κ1) is 29.7. The van der Waals surface area contributed by atoms with Gasteiger partial charge in [0.25, 0.3) is 0 Å². The smallest absolute Gasteiger partial charge is 0.0540 e. The Bertz CT molecular complexity index is 892. The third-order valence-electron chi connectivity index (χ3n) is 4.26. The van der Waals surface area contributed by atoms with Crippen molar-refractivity contribution >= 4 is 17.1 Å². The molecule has 4 rings (SSSR count). The van der Waals surface area contributed by atoms with Crippen LogP contribution in [0.15, 0.2) is 115 Å². The molecule has 0 N–H and O–H groups in total. The molecule has 0 amide bonds. The van der Waals surface area contributed by atoms with E-state index in [-0.39, 0.29) is 0 Å². The van der Waals surface area contributed by atoms with Crippen molar-refractivity contribution in [2.75, 3.05) is 4.90 Å². The molecule has 0 aliphatic rings. The Hall–Kier alpha value is -3.32. The summed E-state index contributed by atoms with van der Waals surface area (Å²) in [6.45, 7) is 16.0. The maximum absolute atomic E-state index is 2.31. The highest BCUT2D eigenvalue weighted by atomic mass is 15.1. The van der Waals surface area contributed by atoms with Gasteiger partial charge in [-0.3, -0.25) is 0 Å². The van der Waals surface area contributed by atoms with Crippen molar-refractivity contribution < 1.29 is 0 Å². The summed E-state index contributed by atoms with van der Waals surface area (Å²) in [6.07, 6.45) is 0. The molecule has 0 bridgehead atoms. The summed E-state index contributed by atoms with van der Waals surface area (Å²) >= 11 is 0. The lowest BCUT2D eigenvalue weighted by molar-refractivity contribution is 1.28. The number of para-hydroxylation sites is 3. The summed E-state index contributed by atoms with van der Waals surface area (Å²) in [5.41, 5.74) is 5.91. The number of anilines is 3. The number of nitrogens with zero attached hydrogens (tertiary/aromatic N) is 1. The quantitative estimate of drug-likeness (QED) is 0.304. The van der Waals surface area contributed by atoms with Gasteiger partial charge in [-0.2, -0.15) is 0 Å². The second-order valence-electron chi connectivity index (χ2n) is 5.89. The van der Waals surface area contributed by atoms with Crippen molar-refractivity contribution in [2.45, 2.75) is 55.4 Å². The van der Waals surface area contributed by atoms with Crippen molar-refractivity contribution in [3.8, 4) is 11.1 Å². The number of benzene rings is 4. The molecule has 0 aliphatic carbocycles. The second kappa shape index (κ2) is 19.4. The van der Waals surface area contributed by atoms with Crippen LogP contribution in [-0.4, -0.2) is 0 Å². The fourth-order valence-corrected chi connectivity index (χ4v) is 3.11. The molecule has 0 heterocycles. The predicted octanol–water partition coefficient (Wildman–Crippen LogP) is 10.9. The van der Waals surface area contributed by atoms with E-state index >= 15 is 0 Å². The third kappa shape index (κ3) is 8.98. The molecule has 1 heteroatoms. The summed E-state index contributed by atoms with van der Waals surface area (Å²) in [6, 6.07) is 40.1. The molecule has 0 atom stereocenters. The zero-order valence-electron chi connectivity index (χ0n) is 21.9. The zero-order valence-corrected chi connectivity index (χ0v) is 21.9. The highest BCUT2D eigenvalue weighted by Crippen LogP contribution is 2.40. The molecule has 4 aromatic rings. The average molecular weight is 442 g/mol. The molecule has 1 nitrogen and oxygen atoms in total. The molecule has 0 unspecified atom stereocenters. The average Bonchev–Trinajstić information content (AvgIpc) is 2.95. The highest BCUT2D eigenvalue weighted by molar-refractivity contribution is 5.87. The number of hydrogen-bond donors (Lipinski definition) is 0. The van der Waals surface area contributed by atoms with E-state index in [1.54, 1.807) is 0 Å². The van der Waals surface area contributed by atoms with Crippen LogP contribution in [0.5, 0.6) is 0 Å². The molecule has 4 aromatic carbocycles. The summed E-state index contributed by atoms with van der Waals surface area (Å²) < 4.78 is 0. The lowest BCUT2D eigenvalue weighted by Gasteiger charge is -2.27. The van der Waals surface area contributed by atoms with E-state index in [4.69, 9.17) is 0 Å². The normalized spacial score (nSPS) is 8.61. The Balaban J connectivity index is 0.00000116. The van der Waals surface area contributed by atoms with Crippen LogP contribution in [-0.2, 0) is 0 Å². The van der Waals surface area contributed by atoms with Crippen molar-refractivity contribution in [1.82, 2.24) is 0 Å². The largest absolute Gasteiger partial charge is 0.310 e. The lowest BCUT2D eigenvalue weighted by Crippen LogP contribution is -2.10. The van der Waals surface area contributed by atoms with E-state index in [1.165, 1.54) is 16.8 Å². The summed E-state index contributed by atoms with van der Waals surface area (Å²) in [5.74, 6) is 0. The maximum atomic E-state index is 2.31. The van der Waals surface area contributed by atoms with E-state index < -0.39 is 0 Å². The van der Waals surface area contributed by atoms with Gasteiger partial charge < -0.3 is 4.90 Å². The first-order chi connectivity index (χ1) is 16.4. The van der Waals surface area contributed by atoms with Gasteiger partial charge in [0.15, 0.2) is 0 Å². The maximum Gasteiger partial charge on any atom is 0.0540 e. The first-order valence-electron chi connectivity index (χ1n) is 12.5. The molecular formula is C32H43N. The van der Waals surface area contributed by atoms with E-state index in [9.17, 15) is 0 Å². The van der Waals surface area contributed by atoms with Gasteiger partial charge in [0.1, 0.15) is 0 Å². The van der Waals surface area contributed by atoms with Crippen LogP contribution < -0.4 is 4.90 Å². The molecule has 0 fully saturated rings. The van der Waals surface area contributed by atoms with E-state index in [0.29, 0.717) is 0 Å². The van der Waals surface area contributed by atoms with E-state index in [0.717, 1.165) is 11.4 Å². The molecule has 0 aromatic heterocycles. The minimum atomic E-state index is 1.15. The van der Waals surface area contributed by atoms with Crippen LogP contribution >= 0.6 is 0 Å². The summed E-state index contributed by atoms with van der Waals surface area (Å²) in [7, 11) is 0. The van der Waals surface area contributed by atoms with Crippen LogP contribution in [0.4, 0.5) is 17.1 Å². The van der Waals surface area contributed by atoms with Crippen molar-refractivity contribution in [3.63, 3.8) is 0 Å². The minimum absolute atomic E-state index is 1.15. The van der Waals surface area contributed by atoms with Crippen molar-refractivity contribution in [2.24, 2.45) is 0 Å². The fourth-order valence-electron chi connectivity index (χ4n) is 3.11. The van der Waals surface area contributed by atoms with Crippen LogP contribution in [0.25, 0.3) is 11.1 Å². The first-order valence-corrected chi connectivity index (χ1v) is 12.5. The number of hydrogen-bond acceptors (Lipinski definition) is 1. The molecular weight excluding hydrogens is 398 g/mol. The lowest BCUT2D eigenvalue weighted by atomic mass is 10.0. The van der Waals surface area contributed by atoms with Crippen LogP contribution in [0.1, 0.15) is 55.4 Å². The predicted molar refractivity (Wildman–Crippen MR) is 152 cm³/mol. The Kier molecular flexibility index (Phi) is 17.4. The van der Waals surface area contributed by atoms with Gasteiger partial charge in [-0.1, -0.05) is 140 Å². The number of rotatable bonds is 4. The molecule has 0 saturated carbocycles. The minimum Gasteiger partial charge on any atom is -0.310 e. The van der Waals surface area contributed by atoms with E-state index in [2.05, 4.69) is 120 Å². The Labute approximate surface area is 203 Å². The fraction of sp³-hybridized carbons (Fsp3) is 0.250. The van der Waals surface area contributed by atoms with Gasteiger partial charge in [-0.05, 0) is 35.9 Å². The van der Waals surface area contributed by atoms with Crippen molar-refractivity contribution in [3.05, 3.63) is 115 Å². The van der Waals surface area contributed by atoms with Crippen LogP contribution in [0.2, 0.25) is 0 Å². The Morgan fingerprint density at radius 3 is 1.12 bits per heavy atom. The highest BCUT2D eigenvalue weighted by Gasteiger charge is 2.15. The molecule has 0 spiro atoms. The van der Waals surface area contributed by atoms with Gasteiger partial charge in [-0.25, -0.2) is 0 Å². The standard InChI is InChI=1S/C24H19N.4C2H6/c1-4-12-20(13-5-1)23-18-10-11-19-24(23)25(21-14-6-2-7-15-21)22-16-8-3-9-17-22;4*1-2/h1-19H;4*1-2H3. The zero-order chi connectivity index (χ0) is 24.9. The van der Waals surface area contributed by atoms with Gasteiger partial charge in [0.2, 0.25) is 0 Å². The Morgan fingerprint density at radius 1 is 0.364 bits per heavy atom. The van der Waals surface area contributed by atoms with Gasteiger partial charge in [0.05, 0.1) is 5.69 Å². The van der Waals surface area contributed by atoms with Gasteiger partial charge >= 0.3 is 0 Å². The second-order valence-corrected chi connectivity index (χ2v) is 5.89. The molecule has 33 heavy (non-hydrogen) atoms. The monoisotopic (exact) mass is 441 g/mol. The Morgan fingerprint density at radius 2 is 0.697 bits per heavy atom. The summed E-state index contributed by atoms with van der Waals surface area (Å²) in [5, 5.41) is 0. The summed E-state index contributed by atoms with van der Waals surface area (Å²) in [4.78, 5) is 2.31. The van der Waals surface area contributed by atoms with Gasteiger partial charge in [-0.15, -0.1) is 0 Å². The molecule has 0 radical (unpaired) electrons. The molecule has 0 aliphatic heterocycles. The molecule has 0 saturated heterocycles. The van der Waals surface area contributed by atoms with Crippen LogP contribution in [0, 0.1) is 0 Å². The van der Waals surface area contributed by atoms with E-state index in [1.807, 2.05) is 55.4 Å². The topological polar surface area (TPSA) is 3.24 Å². The van der Waals surface area contributed by atoms with Gasteiger partial charge in [0, 0.05) is 16.9 Å². The molecule has 176 valence electrons. The SMILES string of the molecule is CC.CC.CC.CC.c1ccc(-c2ccccc2N(c2ccccc2)c2ccccc2)cc1. The van der Waals surface area contributed by atoms with Crippen molar-refractivity contribution in [1.29, 1.82) is 0 Å². The van der Waals surface area contributed by atoms with Crippen LogP contribution in [0.3, 0.4) is 0 Å². The third-order valence-corrected chi connectivity index (χ3v) is 4.26.